The molecule has 1 heteroatoms. The van der Waals surface area contributed by atoms with E-state index in [1.807, 2.05) is 0 Å². The summed E-state index contributed by atoms with van der Waals surface area (Å²) in [5.41, 5.74) is 5.89. The van der Waals surface area contributed by atoms with Gasteiger partial charge < -0.3 is 5.32 Å². The van der Waals surface area contributed by atoms with Crippen LogP contribution in [0.5, 0.6) is 0 Å². The molecule has 0 saturated heterocycles. The number of hydrogen-bond donors (Lipinski definition) is 1. The van der Waals surface area contributed by atoms with Crippen LogP contribution in [0.15, 0.2) is 48.5 Å². The van der Waals surface area contributed by atoms with Gasteiger partial charge in [0.15, 0.2) is 0 Å². The van der Waals surface area contributed by atoms with Crippen molar-refractivity contribution in [2.75, 3.05) is 6.54 Å². The number of nitrogens with one attached hydrogen (secondary N) is 1. The molecule has 0 radical (unpaired) electrons. The molecule has 0 spiro atoms. The molecule has 3 rings (SSSR count). The standard InChI is InChI=1S/C19H23N/c1-4-20-18-13-19(2,3)17-11-10-15(12-16(17)18)14-8-6-5-7-9-14/h5-12,18,20H,4,13H2,1-3H3. The van der Waals surface area contributed by atoms with Crippen LogP contribution in [0.25, 0.3) is 11.1 Å². The third-order valence-electron chi connectivity index (χ3n) is 4.43. The van der Waals surface area contributed by atoms with Crippen LogP contribution in [-0.2, 0) is 5.41 Å². The first-order valence-corrected chi connectivity index (χ1v) is 7.55. The van der Waals surface area contributed by atoms with Gasteiger partial charge in [-0.15, -0.1) is 0 Å². The largest absolute Gasteiger partial charge is 0.310 e. The summed E-state index contributed by atoms with van der Waals surface area (Å²) < 4.78 is 0. The van der Waals surface area contributed by atoms with Crippen molar-refractivity contribution < 1.29 is 0 Å². The van der Waals surface area contributed by atoms with E-state index in [4.69, 9.17) is 0 Å². The Hall–Kier alpha value is -1.60. The third-order valence-corrected chi connectivity index (χ3v) is 4.43. The van der Waals surface area contributed by atoms with E-state index < -0.39 is 0 Å². The summed E-state index contributed by atoms with van der Waals surface area (Å²) in [6.07, 6.45) is 1.19. The van der Waals surface area contributed by atoms with Crippen molar-refractivity contribution >= 4 is 0 Å². The highest BCUT2D eigenvalue weighted by atomic mass is 14.9. The van der Waals surface area contributed by atoms with Gasteiger partial charge >= 0.3 is 0 Å². The maximum atomic E-state index is 3.63. The fourth-order valence-electron chi connectivity index (χ4n) is 3.44. The minimum Gasteiger partial charge on any atom is -0.310 e. The van der Waals surface area contributed by atoms with Gasteiger partial charge in [0.1, 0.15) is 0 Å². The SMILES string of the molecule is CCNC1CC(C)(C)c2ccc(-c3ccccc3)cc21. The monoisotopic (exact) mass is 265 g/mol. The van der Waals surface area contributed by atoms with E-state index in [2.05, 4.69) is 74.6 Å². The number of fused-ring (bicyclic) bond motifs is 1. The molecule has 1 aliphatic carbocycles. The van der Waals surface area contributed by atoms with Gasteiger partial charge in [0.2, 0.25) is 0 Å². The summed E-state index contributed by atoms with van der Waals surface area (Å²) in [4.78, 5) is 0. The summed E-state index contributed by atoms with van der Waals surface area (Å²) in [6.45, 7) is 7.92. The zero-order chi connectivity index (χ0) is 14.2. The van der Waals surface area contributed by atoms with Crippen molar-refractivity contribution in [3.8, 4) is 11.1 Å². The van der Waals surface area contributed by atoms with Crippen LogP contribution >= 0.6 is 0 Å². The van der Waals surface area contributed by atoms with Crippen LogP contribution in [0, 0.1) is 0 Å². The van der Waals surface area contributed by atoms with Crippen molar-refractivity contribution in [1.29, 1.82) is 0 Å². The molecular weight excluding hydrogens is 242 g/mol. The summed E-state index contributed by atoms with van der Waals surface area (Å²) in [5, 5.41) is 3.63. The van der Waals surface area contributed by atoms with E-state index in [1.165, 1.54) is 28.7 Å². The smallest absolute Gasteiger partial charge is 0.0331 e. The summed E-state index contributed by atoms with van der Waals surface area (Å²) >= 11 is 0. The second kappa shape index (κ2) is 5.06. The molecule has 2 aromatic carbocycles. The number of benzene rings is 2. The van der Waals surface area contributed by atoms with Gasteiger partial charge in [-0.25, -0.2) is 0 Å². The van der Waals surface area contributed by atoms with E-state index in [9.17, 15) is 0 Å². The molecule has 0 aromatic heterocycles. The fourth-order valence-corrected chi connectivity index (χ4v) is 3.44. The Labute approximate surface area is 122 Å². The van der Waals surface area contributed by atoms with Crippen molar-refractivity contribution in [2.24, 2.45) is 0 Å². The quantitative estimate of drug-likeness (QED) is 0.849. The van der Waals surface area contributed by atoms with Crippen molar-refractivity contribution in [1.82, 2.24) is 5.32 Å². The summed E-state index contributed by atoms with van der Waals surface area (Å²) in [5.74, 6) is 0. The van der Waals surface area contributed by atoms with E-state index >= 15 is 0 Å². The second-order valence-electron chi connectivity index (χ2n) is 6.37. The molecule has 0 aliphatic heterocycles. The molecule has 0 amide bonds. The number of hydrogen-bond acceptors (Lipinski definition) is 1. The minimum atomic E-state index is 0.275. The van der Waals surface area contributed by atoms with E-state index in [0.717, 1.165) is 6.54 Å². The fraction of sp³-hybridized carbons (Fsp3) is 0.368. The van der Waals surface area contributed by atoms with Gasteiger partial charge in [-0.2, -0.15) is 0 Å². The highest BCUT2D eigenvalue weighted by molar-refractivity contribution is 5.66. The van der Waals surface area contributed by atoms with Crippen molar-refractivity contribution in [3.63, 3.8) is 0 Å². The van der Waals surface area contributed by atoms with E-state index in [-0.39, 0.29) is 5.41 Å². The topological polar surface area (TPSA) is 12.0 Å². The van der Waals surface area contributed by atoms with E-state index in [0.29, 0.717) is 6.04 Å². The van der Waals surface area contributed by atoms with Gasteiger partial charge in [0.05, 0.1) is 0 Å². The van der Waals surface area contributed by atoms with Crippen LogP contribution in [0.2, 0.25) is 0 Å². The molecule has 2 aromatic rings. The average molecular weight is 265 g/mol. The Kier molecular flexibility index (Phi) is 3.39. The lowest BCUT2D eigenvalue weighted by Crippen LogP contribution is -2.20. The molecule has 1 atom stereocenters. The first-order valence-electron chi connectivity index (χ1n) is 7.55. The van der Waals surface area contributed by atoms with Crippen molar-refractivity contribution in [3.05, 3.63) is 59.7 Å². The highest BCUT2D eigenvalue weighted by Gasteiger charge is 2.36. The van der Waals surface area contributed by atoms with E-state index in [1.54, 1.807) is 0 Å². The van der Waals surface area contributed by atoms with Gasteiger partial charge in [-0.1, -0.05) is 63.2 Å². The predicted molar refractivity (Wildman–Crippen MR) is 85.9 cm³/mol. The normalized spacial score (nSPS) is 19.9. The molecule has 0 saturated carbocycles. The Morgan fingerprint density at radius 1 is 1.05 bits per heavy atom. The average Bonchev–Trinajstić information content (AvgIpc) is 2.71. The minimum absolute atomic E-state index is 0.275. The molecule has 0 heterocycles. The summed E-state index contributed by atoms with van der Waals surface area (Å²) in [6, 6.07) is 18.1. The predicted octanol–water partition coefficient (Wildman–Crippen LogP) is 4.69. The Morgan fingerprint density at radius 2 is 1.80 bits per heavy atom. The maximum Gasteiger partial charge on any atom is 0.0331 e. The lowest BCUT2D eigenvalue weighted by Gasteiger charge is -2.19. The first-order chi connectivity index (χ1) is 9.62. The molecule has 1 unspecified atom stereocenters. The first kappa shape index (κ1) is 13.4. The zero-order valence-corrected chi connectivity index (χ0v) is 12.6. The van der Waals surface area contributed by atoms with Crippen molar-refractivity contribution in [2.45, 2.75) is 38.6 Å². The van der Waals surface area contributed by atoms with Crippen LogP contribution < -0.4 is 5.32 Å². The third kappa shape index (κ3) is 2.27. The molecule has 0 fully saturated rings. The molecule has 1 N–H and O–H groups in total. The van der Waals surface area contributed by atoms with Crippen LogP contribution in [0.4, 0.5) is 0 Å². The maximum absolute atomic E-state index is 3.63. The van der Waals surface area contributed by atoms with Crippen LogP contribution in [0.1, 0.15) is 44.4 Å². The number of rotatable bonds is 3. The van der Waals surface area contributed by atoms with Gasteiger partial charge in [0.25, 0.3) is 0 Å². The lowest BCUT2D eigenvalue weighted by atomic mass is 9.86. The Bertz CT molecular complexity index is 598. The molecule has 0 bridgehead atoms. The lowest BCUT2D eigenvalue weighted by molar-refractivity contribution is 0.434. The molecule has 1 aliphatic rings. The zero-order valence-electron chi connectivity index (χ0n) is 12.6. The van der Waals surface area contributed by atoms with Crippen LogP contribution in [-0.4, -0.2) is 6.54 Å². The summed E-state index contributed by atoms with van der Waals surface area (Å²) in [7, 11) is 0. The van der Waals surface area contributed by atoms with Gasteiger partial charge in [0, 0.05) is 6.04 Å². The van der Waals surface area contributed by atoms with Gasteiger partial charge in [-0.05, 0) is 46.7 Å². The molecule has 1 nitrogen and oxygen atoms in total. The van der Waals surface area contributed by atoms with Gasteiger partial charge in [-0.3, -0.25) is 0 Å². The second-order valence-corrected chi connectivity index (χ2v) is 6.37. The Morgan fingerprint density at radius 3 is 2.50 bits per heavy atom. The molecule has 104 valence electrons. The highest BCUT2D eigenvalue weighted by Crippen LogP contribution is 2.45. The molecule has 20 heavy (non-hydrogen) atoms. The van der Waals surface area contributed by atoms with Crippen LogP contribution in [0.3, 0.4) is 0 Å². The molecular formula is C19H23N. The Balaban J connectivity index is 2.06.